The van der Waals surface area contributed by atoms with Gasteiger partial charge in [0.2, 0.25) is 0 Å². The Balaban J connectivity index is 1.33. The zero-order valence-electron chi connectivity index (χ0n) is 18.5. The Bertz CT molecular complexity index is 936. The van der Waals surface area contributed by atoms with E-state index < -0.39 is 9.84 Å². The molecule has 0 aliphatic carbocycles. The van der Waals surface area contributed by atoms with E-state index >= 15 is 0 Å². The van der Waals surface area contributed by atoms with Crippen LogP contribution in [0.3, 0.4) is 0 Å². The highest BCUT2D eigenvalue weighted by Crippen LogP contribution is 2.23. The maximum Gasteiger partial charge on any atom is 0.179 e. The van der Waals surface area contributed by atoms with Crippen molar-refractivity contribution >= 4 is 9.84 Å². The second-order valence-electron chi connectivity index (χ2n) is 8.77. The van der Waals surface area contributed by atoms with Crippen molar-refractivity contribution in [3.63, 3.8) is 0 Å². The summed E-state index contributed by atoms with van der Waals surface area (Å²) in [5, 5.41) is 0. The van der Waals surface area contributed by atoms with Gasteiger partial charge in [0, 0.05) is 32.2 Å². The molecule has 168 valence electrons. The summed E-state index contributed by atoms with van der Waals surface area (Å²) in [5.41, 5.74) is 3.52. The molecule has 2 heterocycles. The summed E-state index contributed by atoms with van der Waals surface area (Å²) in [7, 11) is -3.27. The molecule has 0 aromatic heterocycles. The number of morpholine rings is 1. The summed E-state index contributed by atoms with van der Waals surface area (Å²) >= 11 is 0. The van der Waals surface area contributed by atoms with E-state index in [-0.39, 0.29) is 5.75 Å². The van der Waals surface area contributed by atoms with Crippen LogP contribution in [0.25, 0.3) is 11.1 Å². The lowest BCUT2D eigenvalue weighted by Crippen LogP contribution is -2.39. The third-order valence-electron chi connectivity index (χ3n) is 6.66. The van der Waals surface area contributed by atoms with Gasteiger partial charge in [0.1, 0.15) is 0 Å². The average Bonchev–Trinajstić information content (AvgIpc) is 3.22. The van der Waals surface area contributed by atoms with Crippen molar-refractivity contribution in [1.29, 1.82) is 0 Å². The third kappa shape index (κ3) is 5.95. The standard InChI is InChI=1S/C25H34N2O3S/c1-21-3-2-13-27(21)14-12-22-4-6-23(7-5-22)24-8-10-25(11-9-24)31(28,29)20-17-26-15-18-30-19-16-26/h4-11,21H,2-3,12-20H2,1H3/t21-/m1/s1. The van der Waals surface area contributed by atoms with Gasteiger partial charge in [-0.15, -0.1) is 0 Å². The largest absolute Gasteiger partial charge is 0.379 e. The topological polar surface area (TPSA) is 49.9 Å². The van der Waals surface area contributed by atoms with E-state index in [1.54, 1.807) is 12.1 Å². The molecule has 1 atom stereocenters. The Morgan fingerprint density at radius 2 is 1.55 bits per heavy atom. The van der Waals surface area contributed by atoms with Gasteiger partial charge >= 0.3 is 0 Å². The highest BCUT2D eigenvalue weighted by molar-refractivity contribution is 7.91. The minimum atomic E-state index is -3.27. The minimum Gasteiger partial charge on any atom is -0.379 e. The smallest absolute Gasteiger partial charge is 0.179 e. The van der Waals surface area contributed by atoms with E-state index in [9.17, 15) is 8.42 Å². The fraction of sp³-hybridized carbons (Fsp3) is 0.520. The molecule has 0 N–H and O–H groups in total. The van der Waals surface area contributed by atoms with Gasteiger partial charge in [-0.3, -0.25) is 4.90 Å². The van der Waals surface area contributed by atoms with Crippen LogP contribution in [0.4, 0.5) is 0 Å². The van der Waals surface area contributed by atoms with E-state index in [1.807, 2.05) is 12.1 Å². The Morgan fingerprint density at radius 1 is 0.903 bits per heavy atom. The van der Waals surface area contributed by atoms with Crippen molar-refractivity contribution in [1.82, 2.24) is 9.80 Å². The lowest BCUT2D eigenvalue weighted by molar-refractivity contribution is 0.0408. The molecule has 6 heteroatoms. The molecule has 2 aliphatic rings. The van der Waals surface area contributed by atoms with Gasteiger partial charge in [0.25, 0.3) is 0 Å². The zero-order valence-corrected chi connectivity index (χ0v) is 19.3. The normalized spacial score (nSPS) is 20.9. The lowest BCUT2D eigenvalue weighted by Gasteiger charge is -2.26. The Labute approximate surface area is 186 Å². The predicted molar refractivity (Wildman–Crippen MR) is 125 cm³/mol. The quantitative estimate of drug-likeness (QED) is 0.626. The van der Waals surface area contributed by atoms with E-state index in [1.165, 1.54) is 24.9 Å². The van der Waals surface area contributed by atoms with Crippen LogP contribution in [0, 0.1) is 0 Å². The molecule has 2 aromatic rings. The van der Waals surface area contributed by atoms with Gasteiger partial charge in [-0.25, -0.2) is 8.42 Å². The van der Waals surface area contributed by atoms with Crippen molar-refractivity contribution in [2.45, 2.75) is 37.1 Å². The van der Waals surface area contributed by atoms with Crippen LogP contribution in [0.1, 0.15) is 25.3 Å². The van der Waals surface area contributed by atoms with Crippen LogP contribution in [-0.2, 0) is 21.0 Å². The molecule has 4 rings (SSSR count). The third-order valence-corrected chi connectivity index (χ3v) is 8.37. The molecule has 31 heavy (non-hydrogen) atoms. The number of likely N-dealkylation sites (tertiary alicyclic amines) is 1. The second-order valence-corrected chi connectivity index (χ2v) is 10.9. The summed E-state index contributed by atoms with van der Waals surface area (Å²) in [6.45, 7) is 8.21. The van der Waals surface area contributed by atoms with Gasteiger partial charge in [-0.2, -0.15) is 0 Å². The first-order valence-electron chi connectivity index (χ1n) is 11.5. The molecule has 2 aromatic carbocycles. The van der Waals surface area contributed by atoms with Gasteiger partial charge in [-0.1, -0.05) is 36.4 Å². The molecule has 0 spiro atoms. The highest BCUT2D eigenvalue weighted by atomic mass is 32.2. The van der Waals surface area contributed by atoms with Crippen LogP contribution >= 0.6 is 0 Å². The Morgan fingerprint density at radius 3 is 2.16 bits per heavy atom. The van der Waals surface area contributed by atoms with Crippen molar-refractivity contribution in [3.05, 3.63) is 54.1 Å². The Kier molecular flexibility index (Phi) is 7.43. The van der Waals surface area contributed by atoms with Crippen LogP contribution in [0.5, 0.6) is 0 Å². The number of nitrogens with zero attached hydrogens (tertiary/aromatic N) is 2. The number of hydrogen-bond donors (Lipinski definition) is 0. The molecular weight excluding hydrogens is 408 g/mol. The molecule has 0 radical (unpaired) electrons. The fourth-order valence-electron chi connectivity index (χ4n) is 4.51. The van der Waals surface area contributed by atoms with Gasteiger partial charge < -0.3 is 9.64 Å². The summed E-state index contributed by atoms with van der Waals surface area (Å²) in [5.74, 6) is 0.149. The first kappa shape index (κ1) is 22.5. The first-order chi connectivity index (χ1) is 15.0. The Hall–Kier alpha value is -1.73. The molecule has 2 fully saturated rings. The number of benzene rings is 2. The molecule has 5 nitrogen and oxygen atoms in total. The molecule has 0 unspecified atom stereocenters. The van der Waals surface area contributed by atoms with E-state index in [2.05, 4.69) is 41.0 Å². The molecule has 2 saturated heterocycles. The van der Waals surface area contributed by atoms with Crippen molar-refractivity contribution in [3.8, 4) is 11.1 Å². The van der Waals surface area contributed by atoms with Crippen molar-refractivity contribution in [2.75, 3.05) is 51.7 Å². The summed E-state index contributed by atoms with van der Waals surface area (Å²) in [4.78, 5) is 5.13. The number of ether oxygens (including phenoxy) is 1. The highest BCUT2D eigenvalue weighted by Gasteiger charge is 2.20. The average molecular weight is 443 g/mol. The van der Waals surface area contributed by atoms with Crippen LogP contribution in [-0.4, -0.2) is 75.9 Å². The monoisotopic (exact) mass is 442 g/mol. The van der Waals surface area contributed by atoms with Gasteiger partial charge in [0.05, 0.1) is 23.9 Å². The summed E-state index contributed by atoms with van der Waals surface area (Å²) in [6.07, 6.45) is 3.71. The van der Waals surface area contributed by atoms with E-state index in [0.29, 0.717) is 30.7 Å². The summed E-state index contributed by atoms with van der Waals surface area (Å²) in [6, 6.07) is 16.7. The van der Waals surface area contributed by atoms with E-state index in [4.69, 9.17) is 4.74 Å². The SMILES string of the molecule is C[C@@H]1CCCN1CCc1ccc(-c2ccc(S(=O)(=O)CCN3CCOCC3)cc2)cc1. The fourth-order valence-corrected chi connectivity index (χ4v) is 5.79. The second kappa shape index (κ2) is 10.3. The van der Waals surface area contributed by atoms with Gasteiger partial charge in [-0.05, 0) is 61.6 Å². The summed E-state index contributed by atoms with van der Waals surface area (Å²) < 4.78 is 30.7. The molecule has 2 aliphatic heterocycles. The number of hydrogen-bond acceptors (Lipinski definition) is 5. The van der Waals surface area contributed by atoms with Crippen LogP contribution < -0.4 is 0 Å². The van der Waals surface area contributed by atoms with Crippen molar-refractivity contribution < 1.29 is 13.2 Å². The maximum atomic E-state index is 12.7. The zero-order chi connectivity index (χ0) is 21.7. The van der Waals surface area contributed by atoms with Gasteiger partial charge in [0.15, 0.2) is 9.84 Å². The lowest BCUT2D eigenvalue weighted by atomic mass is 10.0. The molecular formula is C25H34N2O3S. The molecule has 0 amide bonds. The molecule has 0 saturated carbocycles. The van der Waals surface area contributed by atoms with Crippen LogP contribution in [0.2, 0.25) is 0 Å². The molecule has 0 bridgehead atoms. The van der Waals surface area contributed by atoms with Crippen molar-refractivity contribution in [2.24, 2.45) is 0 Å². The minimum absolute atomic E-state index is 0.149. The number of sulfone groups is 1. The van der Waals surface area contributed by atoms with E-state index in [0.717, 1.165) is 37.2 Å². The maximum absolute atomic E-state index is 12.7. The first-order valence-corrected chi connectivity index (χ1v) is 13.1. The van der Waals surface area contributed by atoms with Crippen LogP contribution in [0.15, 0.2) is 53.4 Å². The predicted octanol–water partition coefficient (Wildman–Crippen LogP) is 3.49. The number of rotatable bonds is 8.